The Morgan fingerprint density at radius 3 is 2.24 bits per heavy atom. The topological polar surface area (TPSA) is 97.1 Å². The Kier molecular flexibility index (Phi) is 5.41. The second kappa shape index (κ2) is 6.85. The van der Waals surface area contributed by atoms with Gasteiger partial charge in [0.2, 0.25) is 5.91 Å². The van der Waals surface area contributed by atoms with Crippen molar-refractivity contribution < 1.29 is 4.79 Å². The molecule has 1 heterocycles. The predicted octanol–water partition coefficient (Wildman–Crippen LogP) is -0.715. The maximum Gasteiger partial charge on any atom is 0.236 e. The molecule has 0 aromatic rings. The van der Waals surface area contributed by atoms with E-state index in [0.29, 0.717) is 32.5 Å². The zero-order valence-corrected chi connectivity index (χ0v) is 9.80. The molecule has 0 radical (unpaired) electrons. The highest BCUT2D eigenvalue weighted by Crippen LogP contribution is 2.06. The average Bonchev–Trinajstić information content (AvgIpc) is 2.27. The largest absolute Gasteiger partial charge is 0.340 e. The zero-order valence-electron chi connectivity index (χ0n) is 9.80. The van der Waals surface area contributed by atoms with Crippen molar-refractivity contribution >= 4 is 5.91 Å². The quantitative estimate of drug-likeness (QED) is 0.655. The van der Waals surface area contributed by atoms with Crippen LogP contribution in [0, 0.1) is 22.7 Å². The van der Waals surface area contributed by atoms with Crippen LogP contribution >= 0.6 is 0 Å². The molecule has 2 N–H and O–H groups in total. The Bertz CT molecular complexity index is 319. The van der Waals surface area contributed by atoms with Crippen molar-refractivity contribution in [2.24, 2.45) is 5.73 Å². The minimum atomic E-state index is -0.0256. The number of nitrogens with zero attached hydrogens (tertiary/aromatic N) is 4. The monoisotopic (exact) mass is 235 g/mol. The van der Waals surface area contributed by atoms with Crippen molar-refractivity contribution in [3.63, 3.8) is 0 Å². The van der Waals surface area contributed by atoms with Gasteiger partial charge in [-0.05, 0) is 0 Å². The molecule has 6 nitrogen and oxygen atoms in total. The third-order valence-electron chi connectivity index (χ3n) is 2.68. The van der Waals surface area contributed by atoms with Crippen molar-refractivity contribution in [2.75, 3.05) is 32.7 Å². The third kappa shape index (κ3) is 4.39. The Morgan fingerprint density at radius 1 is 1.29 bits per heavy atom. The van der Waals surface area contributed by atoms with Crippen LogP contribution in [0.2, 0.25) is 0 Å². The van der Waals surface area contributed by atoms with Gasteiger partial charge in [-0.2, -0.15) is 10.5 Å². The highest BCUT2D eigenvalue weighted by atomic mass is 16.2. The second-order valence-corrected chi connectivity index (χ2v) is 4.15. The number of likely N-dealkylation sites (tertiary alicyclic amines) is 1. The van der Waals surface area contributed by atoms with Gasteiger partial charge >= 0.3 is 0 Å². The fourth-order valence-electron chi connectivity index (χ4n) is 1.76. The molecule has 0 atom stereocenters. The molecule has 1 saturated heterocycles. The van der Waals surface area contributed by atoms with Gasteiger partial charge in [0, 0.05) is 32.2 Å². The minimum Gasteiger partial charge on any atom is -0.340 e. The fraction of sp³-hybridized carbons (Fsp3) is 0.727. The molecule has 0 unspecified atom stereocenters. The molecule has 1 aliphatic rings. The normalized spacial score (nSPS) is 15.7. The van der Waals surface area contributed by atoms with Crippen LogP contribution in [0.15, 0.2) is 0 Å². The lowest BCUT2D eigenvalue weighted by Crippen LogP contribution is -2.58. The molecule has 0 saturated carbocycles. The fourth-order valence-corrected chi connectivity index (χ4v) is 1.76. The maximum atomic E-state index is 11.9. The van der Waals surface area contributed by atoms with Crippen LogP contribution in [0.5, 0.6) is 0 Å². The summed E-state index contributed by atoms with van der Waals surface area (Å²) >= 11 is 0. The first-order valence-electron chi connectivity index (χ1n) is 5.67. The van der Waals surface area contributed by atoms with E-state index in [1.807, 2.05) is 17.0 Å². The van der Waals surface area contributed by atoms with E-state index in [4.69, 9.17) is 16.3 Å². The van der Waals surface area contributed by atoms with Gasteiger partial charge in [0.25, 0.3) is 0 Å². The van der Waals surface area contributed by atoms with Crippen LogP contribution in [0.3, 0.4) is 0 Å². The summed E-state index contributed by atoms with van der Waals surface area (Å²) in [6.07, 6.45) is 0.605. The van der Waals surface area contributed by atoms with E-state index in [-0.39, 0.29) is 11.9 Å². The summed E-state index contributed by atoms with van der Waals surface area (Å²) in [6, 6.07) is 4.19. The number of rotatable bonds is 6. The number of carbonyl (C=O) groups excluding carboxylic acids is 1. The molecule has 0 aromatic carbocycles. The molecular formula is C11H17N5O. The number of amides is 1. The standard InChI is InChI=1S/C11H17N5O/c12-3-1-5-16(6-2-4-13)11(17)9-15-7-10(14)8-15/h10H,1-2,5-9,14H2. The van der Waals surface area contributed by atoms with Crippen LogP contribution < -0.4 is 5.73 Å². The lowest BCUT2D eigenvalue weighted by molar-refractivity contribution is -0.133. The highest BCUT2D eigenvalue weighted by molar-refractivity contribution is 5.78. The summed E-state index contributed by atoms with van der Waals surface area (Å²) in [5, 5.41) is 17.0. The molecule has 0 spiro atoms. The number of nitrogens with two attached hydrogens (primary N) is 1. The lowest BCUT2D eigenvalue weighted by Gasteiger charge is -2.37. The minimum absolute atomic E-state index is 0.0256. The van der Waals surface area contributed by atoms with E-state index in [1.54, 1.807) is 4.90 Å². The molecule has 6 heteroatoms. The molecule has 0 bridgehead atoms. The molecule has 0 aliphatic carbocycles. The lowest BCUT2D eigenvalue weighted by atomic mass is 10.1. The summed E-state index contributed by atoms with van der Waals surface area (Å²) in [5.74, 6) is -0.0256. The van der Waals surface area contributed by atoms with Gasteiger partial charge in [0.15, 0.2) is 0 Å². The average molecular weight is 235 g/mol. The zero-order chi connectivity index (χ0) is 12.7. The van der Waals surface area contributed by atoms with Gasteiger partial charge < -0.3 is 10.6 Å². The van der Waals surface area contributed by atoms with E-state index in [2.05, 4.69) is 0 Å². The smallest absolute Gasteiger partial charge is 0.236 e. The summed E-state index contributed by atoms with van der Waals surface area (Å²) < 4.78 is 0. The Labute approximate surface area is 101 Å². The Hall–Kier alpha value is -1.63. The second-order valence-electron chi connectivity index (χ2n) is 4.15. The van der Waals surface area contributed by atoms with E-state index in [0.717, 1.165) is 13.1 Å². The van der Waals surface area contributed by atoms with E-state index < -0.39 is 0 Å². The molecular weight excluding hydrogens is 218 g/mol. The van der Waals surface area contributed by atoms with Crippen molar-refractivity contribution in [3.05, 3.63) is 0 Å². The first-order valence-corrected chi connectivity index (χ1v) is 5.67. The first kappa shape index (κ1) is 13.4. The maximum absolute atomic E-state index is 11.9. The van der Waals surface area contributed by atoms with Crippen molar-refractivity contribution in [1.82, 2.24) is 9.80 Å². The molecule has 1 rings (SSSR count). The van der Waals surface area contributed by atoms with Gasteiger partial charge in [-0.3, -0.25) is 9.69 Å². The van der Waals surface area contributed by atoms with Gasteiger partial charge in [0.05, 0.1) is 31.5 Å². The van der Waals surface area contributed by atoms with Crippen LogP contribution in [0.1, 0.15) is 12.8 Å². The number of hydrogen-bond donors (Lipinski definition) is 1. The van der Waals surface area contributed by atoms with Crippen molar-refractivity contribution in [2.45, 2.75) is 18.9 Å². The predicted molar refractivity (Wildman–Crippen MR) is 61.5 cm³/mol. The van der Waals surface area contributed by atoms with E-state index in [9.17, 15) is 4.79 Å². The van der Waals surface area contributed by atoms with Crippen LogP contribution in [0.4, 0.5) is 0 Å². The first-order chi connectivity index (χ1) is 8.17. The number of carbonyl (C=O) groups is 1. The summed E-state index contributed by atoms with van der Waals surface area (Å²) in [5.41, 5.74) is 5.63. The van der Waals surface area contributed by atoms with Crippen LogP contribution in [-0.4, -0.2) is 54.5 Å². The summed E-state index contributed by atoms with van der Waals surface area (Å²) in [4.78, 5) is 15.4. The van der Waals surface area contributed by atoms with Crippen molar-refractivity contribution in [1.29, 1.82) is 10.5 Å². The van der Waals surface area contributed by atoms with Crippen molar-refractivity contribution in [3.8, 4) is 12.1 Å². The summed E-state index contributed by atoms with van der Waals surface area (Å²) in [6.45, 7) is 2.63. The highest BCUT2D eigenvalue weighted by Gasteiger charge is 2.26. The molecule has 92 valence electrons. The molecule has 1 aliphatic heterocycles. The van der Waals surface area contributed by atoms with Gasteiger partial charge in [-0.1, -0.05) is 0 Å². The SMILES string of the molecule is N#CCCN(CCC#N)C(=O)CN1CC(N)C1. The third-order valence-corrected chi connectivity index (χ3v) is 2.68. The van der Waals surface area contributed by atoms with Crippen LogP contribution in [0.25, 0.3) is 0 Å². The van der Waals surface area contributed by atoms with E-state index in [1.165, 1.54) is 0 Å². The number of nitriles is 2. The van der Waals surface area contributed by atoms with Gasteiger partial charge in [0.1, 0.15) is 0 Å². The molecule has 17 heavy (non-hydrogen) atoms. The van der Waals surface area contributed by atoms with E-state index >= 15 is 0 Å². The Morgan fingerprint density at radius 2 is 1.82 bits per heavy atom. The molecule has 1 fully saturated rings. The van der Waals surface area contributed by atoms with Crippen LogP contribution in [-0.2, 0) is 4.79 Å². The summed E-state index contributed by atoms with van der Waals surface area (Å²) in [7, 11) is 0. The van der Waals surface area contributed by atoms with Gasteiger partial charge in [-0.25, -0.2) is 0 Å². The molecule has 1 amide bonds. The Balaban J connectivity index is 2.36. The number of hydrogen-bond acceptors (Lipinski definition) is 5. The molecule has 0 aromatic heterocycles. The van der Waals surface area contributed by atoms with Gasteiger partial charge in [-0.15, -0.1) is 0 Å².